The van der Waals surface area contributed by atoms with Gasteiger partial charge in [-0.25, -0.2) is 0 Å². The van der Waals surface area contributed by atoms with Crippen LogP contribution in [0.5, 0.6) is 0 Å². The highest BCUT2D eigenvalue weighted by Crippen LogP contribution is 2.39. The second kappa shape index (κ2) is 7.87. The second-order valence-electron chi connectivity index (χ2n) is 7.15. The maximum Gasteiger partial charge on any atom is 0.308 e. The van der Waals surface area contributed by atoms with Crippen molar-refractivity contribution in [3.05, 3.63) is 102 Å². The smallest absolute Gasteiger partial charge is 0.266 e. The molecule has 0 saturated heterocycles. The molecule has 4 rings (SSSR count). The minimum atomic E-state index is -0.931. The summed E-state index contributed by atoms with van der Waals surface area (Å²) < 4.78 is 0. The number of anilines is 1. The number of nitrogens with zero attached hydrogens (tertiary/aromatic N) is 4. The van der Waals surface area contributed by atoms with Gasteiger partial charge in [0.15, 0.2) is 0 Å². The molecule has 3 aromatic carbocycles. The lowest BCUT2D eigenvalue weighted by atomic mass is 10.0. The highest BCUT2D eigenvalue weighted by atomic mass is 16.6. The van der Waals surface area contributed by atoms with Crippen LogP contribution in [0.2, 0.25) is 0 Å². The number of rotatable bonds is 6. The van der Waals surface area contributed by atoms with Gasteiger partial charge in [0.2, 0.25) is 5.69 Å². The first-order valence-corrected chi connectivity index (χ1v) is 9.39. The summed E-state index contributed by atoms with van der Waals surface area (Å²) in [6.07, 6.45) is 0.763. The van der Waals surface area contributed by atoms with Crippen molar-refractivity contribution < 1.29 is 14.8 Å². The molecule has 0 fully saturated rings. The Morgan fingerprint density at radius 2 is 1.47 bits per heavy atom. The number of nitro benzene ring substituents is 3. The normalized spacial score (nSPS) is 12.1. The van der Waals surface area contributed by atoms with Gasteiger partial charge in [-0.2, -0.15) is 5.10 Å². The molecule has 0 unspecified atom stereocenters. The monoisotopic (exact) mass is 433 g/mol. The molecule has 160 valence electrons. The average molecular weight is 433 g/mol. The maximum absolute atomic E-state index is 11.4. The Hall–Kier alpha value is -4.67. The quantitative estimate of drug-likeness (QED) is 0.260. The number of hydrazone groups is 1. The zero-order chi connectivity index (χ0) is 23.0. The van der Waals surface area contributed by atoms with Gasteiger partial charge in [-0.1, -0.05) is 36.4 Å². The molecule has 1 aliphatic rings. The van der Waals surface area contributed by atoms with Crippen molar-refractivity contribution in [3.63, 3.8) is 0 Å². The highest BCUT2D eigenvalue weighted by Gasteiger charge is 2.30. The lowest BCUT2D eigenvalue weighted by molar-refractivity contribution is -0.401. The fourth-order valence-corrected chi connectivity index (χ4v) is 3.68. The van der Waals surface area contributed by atoms with Gasteiger partial charge >= 0.3 is 11.4 Å². The molecule has 11 nitrogen and oxygen atoms in total. The van der Waals surface area contributed by atoms with Crippen molar-refractivity contribution in [1.82, 2.24) is 0 Å². The van der Waals surface area contributed by atoms with E-state index in [1.807, 2.05) is 30.3 Å². The number of non-ortho nitro benzene ring substituents is 1. The number of hydrogen-bond donors (Lipinski definition) is 1. The topological polar surface area (TPSA) is 154 Å². The number of benzene rings is 3. The predicted molar refractivity (Wildman–Crippen MR) is 117 cm³/mol. The summed E-state index contributed by atoms with van der Waals surface area (Å²) in [5.74, 6) is 0. The van der Waals surface area contributed by atoms with Crippen LogP contribution >= 0.6 is 0 Å². The van der Waals surface area contributed by atoms with E-state index in [9.17, 15) is 30.3 Å². The van der Waals surface area contributed by atoms with Gasteiger partial charge in [0.05, 0.1) is 32.6 Å². The second-order valence-corrected chi connectivity index (χ2v) is 7.15. The molecule has 1 N–H and O–H groups in total. The van der Waals surface area contributed by atoms with Crippen molar-refractivity contribution in [2.24, 2.45) is 5.10 Å². The van der Waals surface area contributed by atoms with Crippen LogP contribution in [0.25, 0.3) is 11.1 Å². The number of fused-ring (bicyclic) bond motifs is 3. The Kier molecular flexibility index (Phi) is 5.07. The van der Waals surface area contributed by atoms with E-state index in [4.69, 9.17) is 0 Å². The van der Waals surface area contributed by atoms with Gasteiger partial charge in [-0.05, 0) is 47.2 Å². The van der Waals surface area contributed by atoms with Gasteiger partial charge in [-0.15, -0.1) is 0 Å². The summed E-state index contributed by atoms with van der Waals surface area (Å²) in [7, 11) is 0. The minimum absolute atomic E-state index is 0.436. The molecule has 32 heavy (non-hydrogen) atoms. The molecule has 11 heteroatoms. The van der Waals surface area contributed by atoms with Crippen molar-refractivity contribution in [2.45, 2.75) is 13.3 Å². The molecular formula is C21H15N5O6. The molecule has 0 saturated carbocycles. The SMILES string of the molecule is C/C(=N/Nc1c([N+](=O)[O-])cc([N+](=O)[O-])cc1[N+](=O)[O-])c1ccc2c(c1)Cc1ccccc1-2. The van der Waals surface area contributed by atoms with E-state index >= 15 is 0 Å². The van der Waals surface area contributed by atoms with E-state index in [1.54, 1.807) is 6.92 Å². The Labute approximate surface area is 180 Å². The molecule has 0 radical (unpaired) electrons. The molecule has 1 aliphatic carbocycles. The first-order chi connectivity index (χ1) is 15.3. The largest absolute Gasteiger partial charge is 0.308 e. The van der Waals surface area contributed by atoms with Crippen LogP contribution in [0.15, 0.2) is 59.7 Å². The molecule has 0 spiro atoms. The van der Waals surface area contributed by atoms with Gasteiger partial charge in [0.1, 0.15) is 0 Å². The van der Waals surface area contributed by atoms with E-state index < -0.39 is 37.5 Å². The van der Waals surface area contributed by atoms with E-state index in [2.05, 4.69) is 22.7 Å². The van der Waals surface area contributed by atoms with E-state index in [0.29, 0.717) is 17.8 Å². The first kappa shape index (κ1) is 20.6. The van der Waals surface area contributed by atoms with Crippen LogP contribution in [0.3, 0.4) is 0 Å². The Bertz CT molecular complexity index is 1300. The molecule has 0 heterocycles. The Balaban J connectivity index is 1.69. The summed E-state index contributed by atoms with van der Waals surface area (Å²) in [5.41, 5.74) is 5.23. The van der Waals surface area contributed by atoms with Crippen molar-refractivity contribution >= 4 is 28.5 Å². The van der Waals surface area contributed by atoms with Crippen LogP contribution in [-0.4, -0.2) is 20.5 Å². The lowest BCUT2D eigenvalue weighted by Gasteiger charge is -2.07. The molecule has 0 bridgehead atoms. The van der Waals surface area contributed by atoms with Gasteiger partial charge in [0.25, 0.3) is 5.69 Å². The van der Waals surface area contributed by atoms with E-state index in [-0.39, 0.29) is 0 Å². The summed E-state index contributed by atoms with van der Waals surface area (Å²) in [5, 5.41) is 37.9. The third kappa shape index (κ3) is 3.62. The Morgan fingerprint density at radius 1 is 0.844 bits per heavy atom. The number of nitro groups is 3. The van der Waals surface area contributed by atoms with Gasteiger partial charge in [-0.3, -0.25) is 35.8 Å². The molecule has 0 amide bonds. The summed E-state index contributed by atoms with van der Waals surface area (Å²) >= 11 is 0. The van der Waals surface area contributed by atoms with Crippen molar-refractivity contribution in [2.75, 3.05) is 5.43 Å². The van der Waals surface area contributed by atoms with E-state index in [1.165, 1.54) is 11.1 Å². The lowest BCUT2D eigenvalue weighted by Crippen LogP contribution is -2.06. The third-order valence-electron chi connectivity index (χ3n) is 5.23. The van der Waals surface area contributed by atoms with Crippen LogP contribution in [0, 0.1) is 30.3 Å². The van der Waals surface area contributed by atoms with E-state index in [0.717, 1.165) is 23.1 Å². The fourth-order valence-electron chi connectivity index (χ4n) is 3.68. The molecule has 0 aromatic heterocycles. The zero-order valence-corrected chi connectivity index (χ0v) is 16.6. The number of nitrogens with one attached hydrogen (secondary N) is 1. The van der Waals surface area contributed by atoms with Crippen LogP contribution < -0.4 is 5.43 Å². The summed E-state index contributed by atoms with van der Waals surface area (Å²) in [6, 6.07) is 15.1. The standard InChI is InChI=1S/C21H15N5O6/c1-12(13-6-7-18-15(8-13)9-14-4-2-3-5-17(14)18)22-23-21-19(25(29)30)10-16(24(27)28)11-20(21)26(31)32/h2-8,10-11,23H,9H2,1H3/b22-12-. The highest BCUT2D eigenvalue weighted by molar-refractivity contribution is 6.00. The average Bonchev–Trinajstić information content (AvgIpc) is 3.14. The van der Waals surface area contributed by atoms with Crippen molar-refractivity contribution in [3.8, 4) is 11.1 Å². The van der Waals surface area contributed by atoms with Crippen LogP contribution in [-0.2, 0) is 6.42 Å². The van der Waals surface area contributed by atoms with Crippen LogP contribution in [0.1, 0.15) is 23.6 Å². The predicted octanol–water partition coefficient (Wildman–Crippen LogP) is 4.82. The Morgan fingerprint density at radius 3 is 2.09 bits per heavy atom. The molecule has 0 aliphatic heterocycles. The summed E-state index contributed by atoms with van der Waals surface area (Å²) in [6.45, 7) is 1.65. The third-order valence-corrected chi connectivity index (χ3v) is 5.23. The first-order valence-electron chi connectivity index (χ1n) is 9.39. The molecular weight excluding hydrogens is 418 g/mol. The van der Waals surface area contributed by atoms with Gasteiger partial charge in [0, 0.05) is 0 Å². The minimum Gasteiger partial charge on any atom is -0.266 e. The fraction of sp³-hybridized carbons (Fsp3) is 0.0952. The molecule has 0 atom stereocenters. The number of hydrogen-bond acceptors (Lipinski definition) is 8. The summed E-state index contributed by atoms with van der Waals surface area (Å²) in [4.78, 5) is 31.0. The van der Waals surface area contributed by atoms with Gasteiger partial charge < -0.3 is 0 Å². The zero-order valence-electron chi connectivity index (χ0n) is 16.6. The van der Waals surface area contributed by atoms with Crippen LogP contribution in [0.4, 0.5) is 22.7 Å². The molecule has 3 aromatic rings. The maximum atomic E-state index is 11.4. The van der Waals surface area contributed by atoms with Crippen molar-refractivity contribution in [1.29, 1.82) is 0 Å².